The molecule has 22 heavy (non-hydrogen) atoms. The van der Waals surface area contributed by atoms with Crippen LogP contribution < -0.4 is 0 Å². The lowest BCUT2D eigenvalue weighted by molar-refractivity contribution is 0.139. The van der Waals surface area contributed by atoms with Crippen molar-refractivity contribution in [1.29, 1.82) is 0 Å². The fraction of sp³-hybridized carbons (Fsp3) is 0.333. The van der Waals surface area contributed by atoms with Gasteiger partial charge in [0.05, 0.1) is 0 Å². The molecule has 116 valence electrons. The van der Waals surface area contributed by atoms with Crippen LogP contribution in [0.3, 0.4) is 0 Å². The quantitative estimate of drug-likeness (QED) is 0.518. The second kappa shape index (κ2) is 7.95. The molecule has 2 rings (SSSR count). The lowest BCUT2D eigenvalue weighted by Gasteiger charge is -2.40. The van der Waals surface area contributed by atoms with Crippen molar-refractivity contribution < 1.29 is 0 Å². The molecular formula is C21H27N. The summed E-state index contributed by atoms with van der Waals surface area (Å²) in [5, 5.41) is 0. The predicted molar refractivity (Wildman–Crippen MR) is 96.6 cm³/mol. The van der Waals surface area contributed by atoms with E-state index < -0.39 is 0 Å². The second-order valence-electron chi connectivity index (χ2n) is 6.08. The van der Waals surface area contributed by atoms with Gasteiger partial charge >= 0.3 is 0 Å². The lowest BCUT2D eigenvalue weighted by atomic mass is 9.89. The molecule has 3 atom stereocenters. The maximum atomic E-state index is 3.90. The molecule has 0 amide bonds. The van der Waals surface area contributed by atoms with Gasteiger partial charge in [-0.05, 0) is 31.7 Å². The number of nitrogens with zero attached hydrogens (tertiary/aromatic N) is 1. The van der Waals surface area contributed by atoms with E-state index in [1.807, 2.05) is 12.2 Å². The van der Waals surface area contributed by atoms with Crippen molar-refractivity contribution in [2.24, 2.45) is 5.92 Å². The zero-order valence-electron chi connectivity index (χ0n) is 13.8. The minimum Gasteiger partial charge on any atom is -0.286 e. The van der Waals surface area contributed by atoms with Crippen LogP contribution in [0.5, 0.6) is 0 Å². The third kappa shape index (κ3) is 4.08. The highest BCUT2D eigenvalue weighted by atomic mass is 15.2. The van der Waals surface area contributed by atoms with E-state index >= 15 is 0 Å². The molecule has 0 aromatic heterocycles. The number of hydrogen-bond donors (Lipinski definition) is 0. The minimum absolute atomic E-state index is 0.328. The molecule has 1 heteroatoms. The van der Waals surface area contributed by atoms with Crippen LogP contribution in [0.1, 0.15) is 25.8 Å². The monoisotopic (exact) mass is 293 g/mol. The van der Waals surface area contributed by atoms with Gasteiger partial charge < -0.3 is 0 Å². The zero-order chi connectivity index (χ0) is 15.9. The van der Waals surface area contributed by atoms with Gasteiger partial charge in [0.25, 0.3) is 0 Å². The fourth-order valence-electron chi connectivity index (χ4n) is 3.05. The van der Waals surface area contributed by atoms with E-state index in [9.17, 15) is 0 Å². The maximum absolute atomic E-state index is 3.90. The summed E-state index contributed by atoms with van der Waals surface area (Å²) in [7, 11) is 0. The summed E-state index contributed by atoms with van der Waals surface area (Å²) in [6, 6.07) is 11.5. The van der Waals surface area contributed by atoms with Crippen LogP contribution in [0.2, 0.25) is 0 Å². The smallest absolute Gasteiger partial charge is 0.0474 e. The lowest BCUT2D eigenvalue weighted by Crippen LogP contribution is -2.45. The average Bonchev–Trinajstić information content (AvgIpc) is 2.54. The summed E-state index contributed by atoms with van der Waals surface area (Å²) in [6.07, 6.45) is 12.0. The topological polar surface area (TPSA) is 3.24 Å². The Morgan fingerprint density at radius 2 is 1.91 bits per heavy atom. The normalized spacial score (nSPS) is 25.9. The van der Waals surface area contributed by atoms with Crippen molar-refractivity contribution in [3.05, 3.63) is 85.0 Å². The largest absolute Gasteiger partial charge is 0.286 e. The molecule has 0 spiro atoms. The number of benzene rings is 1. The summed E-state index contributed by atoms with van der Waals surface area (Å²) >= 11 is 0. The van der Waals surface area contributed by atoms with Gasteiger partial charge in [-0.2, -0.15) is 0 Å². The molecule has 0 radical (unpaired) electrons. The minimum atomic E-state index is 0.328. The van der Waals surface area contributed by atoms with Crippen LogP contribution >= 0.6 is 0 Å². The van der Waals surface area contributed by atoms with Crippen molar-refractivity contribution >= 4 is 0 Å². The van der Waals surface area contributed by atoms with Crippen LogP contribution in [0.25, 0.3) is 0 Å². The number of allylic oxidation sites excluding steroid dienone is 3. The standard InChI is InChI=1S/C21H27N/c1-5-10-20-13-14-21(15-17(3)6-2)22(18(20)4)16-19-11-8-7-9-12-19/h5-9,11-15,18,20-21H,1-2,10,16H2,3-4H3/b17-15+/t18-,20+,21-/m1/s1. The van der Waals surface area contributed by atoms with Gasteiger partial charge in [0.1, 0.15) is 0 Å². The third-order valence-electron chi connectivity index (χ3n) is 4.48. The van der Waals surface area contributed by atoms with Crippen LogP contribution in [-0.2, 0) is 6.54 Å². The van der Waals surface area contributed by atoms with Crippen LogP contribution in [0, 0.1) is 5.92 Å². The van der Waals surface area contributed by atoms with Crippen LogP contribution in [-0.4, -0.2) is 17.0 Å². The molecule has 0 saturated carbocycles. The molecule has 1 aromatic carbocycles. The molecule has 1 heterocycles. The maximum Gasteiger partial charge on any atom is 0.0474 e. The Labute approximate surface area is 135 Å². The SMILES string of the molecule is C=CC[C@H]1C=C[C@H](/C=C(\C)C=C)N(Cc2ccccc2)[C@@H]1C. The van der Waals surface area contributed by atoms with Gasteiger partial charge in [0.15, 0.2) is 0 Å². The molecule has 0 bridgehead atoms. The van der Waals surface area contributed by atoms with Crippen molar-refractivity contribution in [2.45, 2.75) is 38.9 Å². The molecule has 0 unspecified atom stereocenters. The van der Waals surface area contributed by atoms with Crippen molar-refractivity contribution in [3.8, 4) is 0 Å². The molecule has 1 nitrogen and oxygen atoms in total. The molecule has 1 aromatic rings. The Morgan fingerprint density at radius 1 is 1.18 bits per heavy atom. The van der Waals surface area contributed by atoms with Crippen molar-refractivity contribution in [1.82, 2.24) is 4.90 Å². The van der Waals surface area contributed by atoms with E-state index in [1.165, 1.54) is 11.1 Å². The van der Waals surface area contributed by atoms with Crippen molar-refractivity contribution in [3.63, 3.8) is 0 Å². The van der Waals surface area contributed by atoms with E-state index in [4.69, 9.17) is 0 Å². The van der Waals surface area contributed by atoms with Gasteiger partial charge in [-0.3, -0.25) is 4.90 Å². The highest BCUT2D eigenvalue weighted by Crippen LogP contribution is 2.28. The van der Waals surface area contributed by atoms with Crippen LogP contribution in [0.4, 0.5) is 0 Å². The average molecular weight is 293 g/mol. The Balaban J connectivity index is 2.27. The first-order valence-corrected chi connectivity index (χ1v) is 8.05. The van der Waals surface area contributed by atoms with E-state index in [1.54, 1.807) is 0 Å². The van der Waals surface area contributed by atoms with Crippen molar-refractivity contribution in [2.75, 3.05) is 0 Å². The molecule has 1 aliphatic heterocycles. The molecule has 0 fully saturated rings. The molecular weight excluding hydrogens is 266 g/mol. The predicted octanol–water partition coefficient (Wildman–Crippen LogP) is 5.14. The van der Waals surface area contributed by atoms with Gasteiger partial charge in [-0.1, -0.05) is 72.9 Å². The first-order chi connectivity index (χ1) is 10.7. The number of hydrogen-bond acceptors (Lipinski definition) is 1. The Hall–Kier alpha value is -1.86. The van der Waals surface area contributed by atoms with E-state index in [0.717, 1.165) is 13.0 Å². The molecule has 1 aliphatic rings. The summed E-state index contributed by atoms with van der Waals surface area (Å²) in [4.78, 5) is 2.57. The second-order valence-corrected chi connectivity index (χ2v) is 6.08. The van der Waals surface area contributed by atoms with Gasteiger partial charge in [-0.25, -0.2) is 0 Å². The summed E-state index contributed by atoms with van der Waals surface area (Å²) in [5.74, 6) is 0.537. The van der Waals surface area contributed by atoms with Gasteiger partial charge in [-0.15, -0.1) is 6.58 Å². The zero-order valence-corrected chi connectivity index (χ0v) is 13.8. The first-order valence-electron chi connectivity index (χ1n) is 8.05. The fourth-order valence-corrected chi connectivity index (χ4v) is 3.05. The van der Waals surface area contributed by atoms with Gasteiger partial charge in [0, 0.05) is 18.6 Å². The Morgan fingerprint density at radius 3 is 2.55 bits per heavy atom. The van der Waals surface area contributed by atoms with E-state index in [2.05, 4.69) is 80.5 Å². The first kappa shape index (κ1) is 16.5. The molecule has 0 N–H and O–H groups in total. The summed E-state index contributed by atoms with van der Waals surface area (Å²) in [5.41, 5.74) is 2.58. The highest BCUT2D eigenvalue weighted by Gasteiger charge is 2.29. The summed E-state index contributed by atoms with van der Waals surface area (Å²) < 4.78 is 0. The van der Waals surface area contributed by atoms with E-state index in [0.29, 0.717) is 18.0 Å². The highest BCUT2D eigenvalue weighted by molar-refractivity contribution is 5.24. The number of rotatable bonds is 6. The molecule has 0 saturated heterocycles. The molecule has 0 aliphatic carbocycles. The Bertz CT molecular complexity index is 553. The van der Waals surface area contributed by atoms with Crippen LogP contribution in [0.15, 0.2) is 79.4 Å². The van der Waals surface area contributed by atoms with E-state index in [-0.39, 0.29) is 0 Å². The van der Waals surface area contributed by atoms with Gasteiger partial charge in [0.2, 0.25) is 0 Å². The Kier molecular flexibility index (Phi) is 5.97. The third-order valence-corrected chi connectivity index (χ3v) is 4.48. The summed E-state index contributed by atoms with van der Waals surface area (Å²) in [6.45, 7) is 13.2.